The number of nitrogens with one attached hydrogen (secondary N) is 1. The number of rotatable bonds is 3. The second kappa shape index (κ2) is 5.12. The molecule has 1 aliphatic heterocycles. The number of aliphatic hydroxyl groups is 1. The minimum Gasteiger partial charge on any atom is -0.479 e. The summed E-state index contributed by atoms with van der Waals surface area (Å²) in [5.41, 5.74) is -0.510. The zero-order valence-electron chi connectivity index (χ0n) is 11.4. The van der Waals surface area contributed by atoms with Gasteiger partial charge in [-0.15, -0.1) is 0 Å². The van der Waals surface area contributed by atoms with E-state index in [1.54, 1.807) is 20.2 Å². The van der Waals surface area contributed by atoms with E-state index < -0.39 is 23.6 Å². The summed E-state index contributed by atoms with van der Waals surface area (Å²) < 4.78 is 1.47. The van der Waals surface area contributed by atoms with Crippen molar-refractivity contribution in [1.29, 1.82) is 0 Å². The van der Waals surface area contributed by atoms with Gasteiger partial charge in [-0.2, -0.15) is 5.10 Å². The van der Waals surface area contributed by atoms with Crippen molar-refractivity contribution in [2.45, 2.75) is 25.0 Å². The van der Waals surface area contributed by atoms with Gasteiger partial charge in [0.2, 0.25) is 0 Å². The molecule has 0 saturated carbocycles. The Hall–Kier alpha value is -2.09. The van der Waals surface area contributed by atoms with E-state index in [1.807, 2.05) is 0 Å². The SMILES string of the molecule is Cn1cc(C(NC(=O)N2CCC(C)(O)C2)C(=O)O)cn1. The maximum atomic E-state index is 12.0. The fourth-order valence-electron chi connectivity index (χ4n) is 2.21. The molecular formula is C12H18N4O4. The highest BCUT2D eigenvalue weighted by atomic mass is 16.4. The van der Waals surface area contributed by atoms with Crippen molar-refractivity contribution in [1.82, 2.24) is 20.0 Å². The predicted molar refractivity (Wildman–Crippen MR) is 68.9 cm³/mol. The molecule has 110 valence electrons. The third-order valence-corrected chi connectivity index (χ3v) is 3.31. The lowest BCUT2D eigenvalue weighted by Crippen LogP contribution is -2.44. The van der Waals surface area contributed by atoms with Crippen molar-refractivity contribution in [3.05, 3.63) is 18.0 Å². The molecule has 8 heteroatoms. The lowest BCUT2D eigenvalue weighted by molar-refractivity contribution is -0.139. The fourth-order valence-corrected chi connectivity index (χ4v) is 2.21. The van der Waals surface area contributed by atoms with Gasteiger partial charge in [-0.1, -0.05) is 0 Å². The molecule has 2 amide bonds. The molecule has 0 spiro atoms. The maximum Gasteiger partial charge on any atom is 0.331 e. The summed E-state index contributed by atoms with van der Waals surface area (Å²) in [7, 11) is 1.67. The second-order valence-electron chi connectivity index (χ2n) is 5.34. The summed E-state index contributed by atoms with van der Waals surface area (Å²) in [4.78, 5) is 24.7. The molecule has 2 atom stereocenters. The Labute approximate surface area is 116 Å². The summed E-state index contributed by atoms with van der Waals surface area (Å²) in [5.74, 6) is -1.16. The third kappa shape index (κ3) is 3.08. The lowest BCUT2D eigenvalue weighted by atomic mass is 10.1. The van der Waals surface area contributed by atoms with E-state index in [9.17, 15) is 19.8 Å². The molecule has 8 nitrogen and oxygen atoms in total. The molecule has 0 bridgehead atoms. The van der Waals surface area contributed by atoms with E-state index >= 15 is 0 Å². The number of likely N-dealkylation sites (tertiary alicyclic amines) is 1. The zero-order valence-corrected chi connectivity index (χ0v) is 11.4. The number of aromatic nitrogens is 2. The Bertz CT molecular complexity index is 525. The first-order valence-corrected chi connectivity index (χ1v) is 6.28. The predicted octanol–water partition coefficient (Wildman–Crippen LogP) is -0.288. The average molecular weight is 282 g/mol. The number of carboxylic acids is 1. The lowest BCUT2D eigenvalue weighted by Gasteiger charge is -2.21. The topological polar surface area (TPSA) is 108 Å². The van der Waals surface area contributed by atoms with Crippen LogP contribution in [0, 0.1) is 0 Å². The smallest absolute Gasteiger partial charge is 0.331 e. The first kappa shape index (κ1) is 14.3. The van der Waals surface area contributed by atoms with Crippen molar-refractivity contribution < 1.29 is 19.8 Å². The van der Waals surface area contributed by atoms with Gasteiger partial charge in [0, 0.05) is 25.4 Å². The second-order valence-corrected chi connectivity index (χ2v) is 5.34. The number of urea groups is 1. The number of aliphatic carboxylic acids is 1. The van der Waals surface area contributed by atoms with Gasteiger partial charge in [0.15, 0.2) is 6.04 Å². The molecular weight excluding hydrogens is 264 g/mol. The number of β-amino-alcohol motifs (C(OH)–C–C–N with tert-alkyl or cyclic N) is 1. The molecule has 20 heavy (non-hydrogen) atoms. The van der Waals surface area contributed by atoms with E-state index in [-0.39, 0.29) is 6.54 Å². The number of carbonyl (C=O) groups is 2. The maximum absolute atomic E-state index is 12.0. The Morgan fingerprint density at radius 2 is 2.25 bits per heavy atom. The van der Waals surface area contributed by atoms with E-state index in [0.717, 1.165) is 0 Å². The Kier molecular flexibility index (Phi) is 3.67. The van der Waals surface area contributed by atoms with E-state index in [2.05, 4.69) is 10.4 Å². The summed E-state index contributed by atoms with van der Waals surface area (Å²) in [6, 6.07) is -1.65. The van der Waals surface area contributed by atoms with Gasteiger partial charge < -0.3 is 20.4 Å². The van der Waals surface area contributed by atoms with E-state index in [4.69, 9.17) is 0 Å². The minimum atomic E-state index is -1.16. The van der Waals surface area contributed by atoms with Crippen molar-refractivity contribution >= 4 is 12.0 Å². The molecule has 0 aromatic carbocycles. The molecule has 1 aliphatic rings. The molecule has 0 aliphatic carbocycles. The van der Waals surface area contributed by atoms with E-state index in [1.165, 1.54) is 15.8 Å². The fraction of sp³-hybridized carbons (Fsp3) is 0.583. The van der Waals surface area contributed by atoms with Gasteiger partial charge in [-0.3, -0.25) is 4.68 Å². The summed E-state index contributed by atoms with van der Waals surface area (Å²) in [5, 5.41) is 25.4. The standard InChI is InChI=1S/C12H18N4O4/c1-12(20)3-4-16(7-12)11(19)14-9(10(17)18)8-5-13-15(2)6-8/h5-6,9,20H,3-4,7H2,1-2H3,(H,14,19)(H,17,18). The highest BCUT2D eigenvalue weighted by Gasteiger charge is 2.35. The van der Waals surface area contributed by atoms with Crippen LogP contribution in [0.2, 0.25) is 0 Å². The molecule has 1 aromatic heterocycles. The van der Waals surface area contributed by atoms with Crippen LogP contribution in [-0.4, -0.2) is 55.6 Å². The van der Waals surface area contributed by atoms with Crippen molar-refractivity contribution in [3.63, 3.8) is 0 Å². The summed E-state index contributed by atoms with van der Waals surface area (Å²) in [6.07, 6.45) is 3.42. The third-order valence-electron chi connectivity index (χ3n) is 3.31. The number of amides is 2. The van der Waals surface area contributed by atoms with Gasteiger partial charge in [-0.05, 0) is 13.3 Å². The van der Waals surface area contributed by atoms with Crippen molar-refractivity contribution in [3.8, 4) is 0 Å². The van der Waals surface area contributed by atoms with Crippen LogP contribution in [0.1, 0.15) is 24.9 Å². The van der Waals surface area contributed by atoms with Crippen LogP contribution in [0.15, 0.2) is 12.4 Å². The van der Waals surface area contributed by atoms with Crippen molar-refractivity contribution in [2.24, 2.45) is 7.05 Å². The molecule has 1 saturated heterocycles. The van der Waals surface area contributed by atoms with Gasteiger partial charge in [-0.25, -0.2) is 9.59 Å². The zero-order chi connectivity index (χ0) is 14.9. The first-order chi connectivity index (χ1) is 9.28. The average Bonchev–Trinajstić information content (AvgIpc) is 2.91. The normalized spacial score (nSPS) is 23.6. The largest absolute Gasteiger partial charge is 0.479 e. The highest BCUT2D eigenvalue weighted by molar-refractivity contribution is 5.83. The molecule has 1 fully saturated rings. The minimum absolute atomic E-state index is 0.193. The Morgan fingerprint density at radius 3 is 2.70 bits per heavy atom. The molecule has 0 radical (unpaired) electrons. The molecule has 3 N–H and O–H groups in total. The highest BCUT2D eigenvalue weighted by Crippen LogP contribution is 2.21. The van der Waals surface area contributed by atoms with Crippen molar-refractivity contribution in [2.75, 3.05) is 13.1 Å². The number of carboxylic acid groups (broad SMARTS) is 1. The van der Waals surface area contributed by atoms with Gasteiger partial charge >= 0.3 is 12.0 Å². The molecule has 2 heterocycles. The van der Waals surface area contributed by atoms with Crippen LogP contribution >= 0.6 is 0 Å². The first-order valence-electron chi connectivity index (χ1n) is 6.28. The Morgan fingerprint density at radius 1 is 1.55 bits per heavy atom. The van der Waals surface area contributed by atoms with Gasteiger partial charge in [0.25, 0.3) is 0 Å². The van der Waals surface area contributed by atoms with Crippen LogP contribution in [-0.2, 0) is 11.8 Å². The number of nitrogens with zero attached hydrogens (tertiary/aromatic N) is 3. The van der Waals surface area contributed by atoms with Crippen LogP contribution in [0.5, 0.6) is 0 Å². The van der Waals surface area contributed by atoms with E-state index in [0.29, 0.717) is 18.5 Å². The number of aryl methyl sites for hydroxylation is 1. The Balaban J connectivity index is 2.06. The van der Waals surface area contributed by atoms with Crippen LogP contribution in [0.3, 0.4) is 0 Å². The monoisotopic (exact) mass is 282 g/mol. The molecule has 2 unspecified atom stereocenters. The van der Waals surface area contributed by atoms with Crippen LogP contribution in [0.25, 0.3) is 0 Å². The molecule has 2 rings (SSSR count). The number of hydrogen-bond acceptors (Lipinski definition) is 4. The summed E-state index contributed by atoms with van der Waals surface area (Å²) in [6.45, 7) is 2.24. The van der Waals surface area contributed by atoms with Gasteiger partial charge in [0.1, 0.15) is 0 Å². The molecule has 1 aromatic rings. The summed E-state index contributed by atoms with van der Waals surface area (Å²) >= 11 is 0. The van der Waals surface area contributed by atoms with Gasteiger partial charge in [0.05, 0.1) is 18.3 Å². The number of hydrogen-bond donors (Lipinski definition) is 3. The van der Waals surface area contributed by atoms with Crippen LogP contribution in [0.4, 0.5) is 4.79 Å². The van der Waals surface area contributed by atoms with Crippen LogP contribution < -0.4 is 5.32 Å². The number of carbonyl (C=O) groups excluding carboxylic acids is 1. The quantitative estimate of drug-likeness (QED) is 0.706.